The van der Waals surface area contributed by atoms with Crippen molar-refractivity contribution >= 4 is 9.84 Å². The Bertz CT molecular complexity index is 1180. The Morgan fingerprint density at radius 1 is 0.484 bits per heavy atom. The molecular weight excluding hydrogens is 414 g/mol. The number of benzene rings is 4. The van der Waals surface area contributed by atoms with E-state index in [0.29, 0.717) is 22.3 Å². The largest absolute Gasteiger partial charge is 0.227 e. The smallest absolute Gasteiger partial charge is 0.172 e. The summed E-state index contributed by atoms with van der Waals surface area (Å²) in [5, 5.41) is -2.25. The molecule has 0 aliphatic carbocycles. The van der Waals surface area contributed by atoms with E-state index >= 15 is 0 Å². The highest BCUT2D eigenvalue weighted by Gasteiger charge is 2.38. The molecule has 4 aromatic rings. The van der Waals surface area contributed by atoms with Gasteiger partial charge >= 0.3 is 0 Å². The molecule has 4 aromatic carbocycles. The van der Waals surface area contributed by atoms with E-state index in [1.807, 2.05) is 0 Å². The average Bonchev–Trinajstić information content (AvgIpc) is 2.75. The van der Waals surface area contributed by atoms with Crippen molar-refractivity contribution in [1.82, 2.24) is 0 Å². The molecule has 0 aliphatic heterocycles. The van der Waals surface area contributed by atoms with Crippen molar-refractivity contribution in [2.75, 3.05) is 0 Å². The van der Waals surface area contributed by atoms with Gasteiger partial charge in [-0.15, -0.1) is 0 Å². The van der Waals surface area contributed by atoms with Gasteiger partial charge in [-0.1, -0.05) is 84.9 Å². The van der Waals surface area contributed by atoms with E-state index in [9.17, 15) is 17.2 Å². The number of hydrogen-bond acceptors (Lipinski definition) is 2. The summed E-state index contributed by atoms with van der Waals surface area (Å²) in [6.45, 7) is 0. The molecule has 0 saturated heterocycles. The van der Waals surface area contributed by atoms with Crippen LogP contribution < -0.4 is 0 Å². The first kappa shape index (κ1) is 20.9. The van der Waals surface area contributed by atoms with E-state index in [1.165, 1.54) is 36.4 Å². The molecular formula is C26H20F2O2S. The summed E-state index contributed by atoms with van der Waals surface area (Å²) >= 11 is 0. The third kappa shape index (κ3) is 4.42. The summed E-state index contributed by atoms with van der Waals surface area (Å²) in [5.74, 6) is -1.04. The summed E-state index contributed by atoms with van der Waals surface area (Å²) in [6.07, 6.45) is 0. The molecule has 2 nitrogen and oxygen atoms in total. The molecule has 156 valence electrons. The molecule has 2 unspecified atom stereocenters. The van der Waals surface area contributed by atoms with E-state index in [4.69, 9.17) is 0 Å². The Balaban J connectivity index is 1.97. The Morgan fingerprint density at radius 3 is 1.19 bits per heavy atom. The number of rotatable bonds is 6. The van der Waals surface area contributed by atoms with Gasteiger partial charge in [0, 0.05) is 0 Å². The summed E-state index contributed by atoms with van der Waals surface area (Å²) in [7, 11) is -4.04. The molecule has 0 fully saturated rings. The quantitative estimate of drug-likeness (QED) is 0.359. The van der Waals surface area contributed by atoms with Crippen LogP contribution in [-0.4, -0.2) is 8.42 Å². The van der Waals surface area contributed by atoms with Crippen molar-refractivity contribution in [3.8, 4) is 0 Å². The van der Waals surface area contributed by atoms with Crippen molar-refractivity contribution in [1.29, 1.82) is 0 Å². The Labute approximate surface area is 180 Å². The molecule has 31 heavy (non-hydrogen) atoms. The third-order valence-electron chi connectivity index (χ3n) is 5.16. The monoisotopic (exact) mass is 434 g/mol. The van der Waals surface area contributed by atoms with Gasteiger partial charge in [-0.25, -0.2) is 17.2 Å². The van der Waals surface area contributed by atoms with Gasteiger partial charge in [-0.2, -0.15) is 0 Å². The molecule has 0 amide bonds. The highest BCUT2D eigenvalue weighted by atomic mass is 32.2. The SMILES string of the molecule is O=S(=O)(C(c1ccccc1)c1cccc(F)c1)C(c1ccccc1)c1cccc(F)c1. The fraction of sp³-hybridized carbons (Fsp3) is 0.0769. The zero-order valence-electron chi connectivity index (χ0n) is 16.5. The molecule has 0 spiro atoms. The van der Waals surface area contributed by atoms with Crippen LogP contribution in [0.25, 0.3) is 0 Å². The van der Waals surface area contributed by atoms with Crippen LogP contribution in [-0.2, 0) is 9.84 Å². The van der Waals surface area contributed by atoms with E-state index in [-0.39, 0.29) is 0 Å². The van der Waals surface area contributed by atoms with Gasteiger partial charge in [-0.3, -0.25) is 0 Å². The molecule has 0 bridgehead atoms. The van der Waals surface area contributed by atoms with Crippen LogP contribution in [0.2, 0.25) is 0 Å². The van der Waals surface area contributed by atoms with Gasteiger partial charge in [-0.05, 0) is 46.5 Å². The Hall–Kier alpha value is -3.31. The fourth-order valence-electron chi connectivity index (χ4n) is 3.87. The van der Waals surface area contributed by atoms with Crippen LogP contribution in [0.15, 0.2) is 109 Å². The molecule has 2 atom stereocenters. The fourth-order valence-corrected chi connectivity index (χ4v) is 6.27. The maximum absolute atomic E-state index is 14.2. The van der Waals surface area contributed by atoms with E-state index in [1.54, 1.807) is 72.8 Å². The summed E-state index contributed by atoms with van der Waals surface area (Å²) < 4.78 is 56.6. The van der Waals surface area contributed by atoms with Crippen molar-refractivity contribution < 1.29 is 17.2 Å². The molecule has 5 heteroatoms. The second-order valence-corrected chi connectivity index (χ2v) is 9.40. The molecule has 4 rings (SSSR count). The first-order chi connectivity index (χ1) is 15.0. The van der Waals surface area contributed by atoms with Gasteiger partial charge < -0.3 is 0 Å². The maximum atomic E-state index is 14.2. The van der Waals surface area contributed by atoms with Crippen molar-refractivity contribution in [3.05, 3.63) is 143 Å². The van der Waals surface area contributed by atoms with Crippen molar-refractivity contribution in [3.63, 3.8) is 0 Å². The molecule has 0 aliphatic rings. The minimum Gasteiger partial charge on any atom is -0.227 e. The third-order valence-corrected chi connectivity index (χ3v) is 7.57. The van der Waals surface area contributed by atoms with Gasteiger partial charge in [0.15, 0.2) is 9.84 Å². The normalized spacial score (nSPS) is 13.5. The van der Waals surface area contributed by atoms with Crippen LogP contribution in [0, 0.1) is 11.6 Å². The maximum Gasteiger partial charge on any atom is 0.172 e. The molecule has 0 aromatic heterocycles. The minimum atomic E-state index is -4.04. The second-order valence-electron chi connectivity index (χ2n) is 7.28. The lowest BCUT2D eigenvalue weighted by Crippen LogP contribution is -2.23. The lowest BCUT2D eigenvalue weighted by molar-refractivity contribution is 0.580. The van der Waals surface area contributed by atoms with Crippen LogP contribution >= 0.6 is 0 Å². The number of halogens is 2. The summed E-state index contributed by atoms with van der Waals surface area (Å²) in [4.78, 5) is 0. The molecule has 0 heterocycles. The zero-order valence-corrected chi connectivity index (χ0v) is 17.3. The number of hydrogen-bond donors (Lipinski definition) is 0. The lowest BCUT2D eigenvalue weighted by Gasteiger charge is -2.26. The predicted molar refractivity (Wildman–Crippen MR) is 118 cm³/mol. The van der Waals surface area contributed by atoms with Crippen molar-refractivity contribution in [2.24, 2.45) is 0 Å². The van der Waals surface area contributed by atoms with E-state index < -0.39 is 32.0 Å². The Morgan fingerprint density at radius 2 is 0.839 bits per heavy atom. The van der Waals surface area contributed by atoms with E-state index in [2.05, 4.69) is 0 Å². The van der Waals surface area contributed by atoms with E-state index in [0.717, 1.165) is 0 Å². The van der Waals surface area contributed by atoms with Crippen molar-refractivity contribution in [2.45, 2.75) is 10.5 Å². The highest BCUT2D eigenvalue weighted by Crippen LogP contribution is 2.42. The predicted octanol–water partition coefficient (Wildman–Crippen LogP) is 6.26. The minimum absolute atomic E-state index is 0.323. The molecule has 0 N–H and O–H groups in total. The van der Waals surface area contributed by atoms with Crippen LogP contribution in [0.1, 0.15) is 32.8 Å². The summed E-state index contributed by atoms with van der Waals surface area (Å²) in [5.41, 5.74) is 1.68. The van der Waals surface area contributed by atoms with Crippen LogP contribution in [0.4, 0.5) is 8.78 Å². The Kier molecular flexibility index (Phi) is 5.96. The lowest BCUT2D eigenvalue weighted by atomic mass is 10.0. The van der Waals surface area contributed by atoms with Crippen LogP contribution in [0.3, 0.4) is 0 Å². The molecule has 0 saturated carbocycles. The number of sulfone groups is 1. The zero-order chi connectivity index (χ0) is 21.8. The van der Waals surface area contributed by atoms with Gasteiger partial charge in [0.2, 0.25) is 0 Å². The first-order valence-corrected chi connectivity index (χ1v) is 11.4. The average molecular weight is 435 g/mol. The van der Waals surface area contributed by atoms with Gasteiger partial charge in [0.05, 0.1) is 0 Å². The topological polar surface area (TPSA) is 34.1 Å². The standard InChI is InChI=1S/C26H20F2O2S/c27-23-15-7-13-21(17-23)25(19-9-3-1-4-10-19)31(29,30)26(20-11-5-2-6-12-20)22-14-8-16-24(28)18-22/h1-18,25-26H. The molecule has 0 radical (unpaired) electrons. The van der Waals surface area contributed by atoms with Gasteiger partial charge in [0.25, 0.3) is 0 Å². The highest BCUT2D eigenvalue weighted by molar-refractivity contribution is 7.92. The first-order valence-electron chi connectivity index (χ1n) is 9.80. The van der Waals surface area contributed by atoms with Gasteiger partial charge in [0.1, 0.15) is 22.1 Å². The second kappa shape index (κ2) is 8.82. The van der Waals surface area contributed by atoms with Crippen LogP contribution in [0.5, 0.6) is 0 Å². The summed E-state index contributed by atoms with van der Waals surface area (Å²) in [6, 6.07) is 28.6.